The van der Waals surface area contributed by atoms with E-state index in [1.807, 2.05) is 50.2 Å². The third kappa shape index (κ3) is 4.60. The van der Waals surface area contributed by atoms with Gasteiger partial charge in [0.15, 0.2) is 0 Å². The second-order valence-electron chi connectivity index (χ2n) is 7.15. The van der Waals surface area contributed by atoms with E-state index < -0.39 is 0 Å². The van der Waals surface area contributed by atoms with Crippen LogP contribution < -0.4 is 16.0 Å². The summed E-state index contributed by atoms with van der Waals surface area (Å²) in [5.41, 5.74) is 3.27. The van der Waals surface area contributed by atoms with E-state index in [-0.39, 0.29) is 18.0 Å². The van der Waals surface area contributed by atoms with E-state index in [0.717, 1.165) is 16.9 Å². The fraction of sp³-hybridized carbons (Fsp3) is 0.381. The second-order valence-corrected chi connectivity index (χ2v) is 7.15. The number of nitrogens with zero attached hydrogens (tertiary/aromatic N) is 2. The summed E-state index contributed by atoms with van der Waals surface area (Å²) >= 11 is 0. The number of benzene rings is 1. The van der Waals surface area contributed by atoms with Crippen molar-refractivity contribution in [1.29, 1.82) is 0 Å². The van der Waals surface area contributed by atoms with Gasteiger partial charge in [-0.1, -0.05) is 18.2 Å². The lowest BCUT2D eigenvalue weighted by Crippen LogP contribution is -2.36. The van der Waals surface area contributed by atoms with Crippen LogP contribution in [0.5, 0.6) is 0 Å². The zero-order valence-electron chi connectivity index (χ0n) is 16.6. The lowest BCUT2D eigenvalue weighted by molar-refractivity contribution is 0.0963. The molecule has 2 heterocycles. The average molecular weight is 381 g/mol. The number of urea groups is 1. The molecule has 28 heavy (non-hydrogen) atoms. The first-order chi connectivity index (χ1) is 13.5. The molecule has 7 nitrogen and oxygen atoms in total. The standard InChI is InChI=1S/C21H27N5O2/c1-14(2)23-19-17(20(27)22-3)13-15-9-11-26(12-10-18(15)25-19)21(28)24-16-7-5-4-6-8-16/h4-8,13-14H,9-12H2,1-3H3,(H,22,27)(H,23,25)(H,24,28). The molecule has 7 heteroatoms. The Bertz CT molecular complexity index is 851. The summed E-state index contributed by atoms with van der Waals surface area (Å²) in [6, 6.07) is 11.4. The van der Waals surface area contributed by atoms with Crippen molar-refractivity contribution >= 4 is 23.4 Å². The van der Waals surface area contributed by atoms with Gasteiger partial charge in [0.05, 0.1) is 5.56 Å². The molecular weight excluding hydrogens is 354 g/mol. The Hall–Kier alpha value is -3.09. The molecular formula is C21H27N5O2. The Balaban J connectivity index is 1.78. The first kappa shape index (κ1) is 19.7. The molecule has 0 atom stereocenters. The lowest BCUT2D eigenvalue weighted by Gasteiger charge is -2.20. The second kappa shape index (κ2) is 8.73. The van der Waals surface area contributed by atoms with E-state index in [1.165, 1.54) is 0 Å². The number of nitrogens with one attached hydrogen (secondary N) is 3. The van der Waals surface area contributed by atoms with E-state index in [4.69, 9.17) is 4.98 Å². The van der Waals surface area contributed by atoms with Crippen LogP contribution in [0.15, 0.2) is 36.4 Å². The van der Waals surface area contributed by atoms with Crippen LogP contribution in [0.1, 0.15) is 35.5 Å². The Morgan fingerprint density at radius 1 is 1.11 bits per heavy atom. The maximum Gasteiger partial charge on any atom is 0.321 e. The van der Waals surface area contributed by atoms with Gasteiger partial charge in [-0.25, -0.2) is 9.78 Å². The number of aromatic nitrogens is 1. The molecule has 0 aliphatic carbocycles. The fourth-order valence-corrected chi connectivity index (χ4v) is 3.25. The number of hydrogen-bond acceptors (Lipinski definition) is 4. The molecule has 0 spiro atoms. The van der Waals surface area contributed by atoms with Crippen molar-refractivity contribution in [2.24, 2.45) is 0 Å². The maximum absolute atomic E-state index is 12.6. The summed E-state index contributed by atoms with van der Waals surface area (Å²) in [6.45, 7) is 5.18. The largest absolute Gasteiger partial charge is 0.367 e. The van der Waals surface area contributed by atoms with E-state index in [1.54, 1.807) is 11.9 Å². The Morgan fingerprint density at radius 2 is 1.82 bits per heavy atom. The zero-order chi connectivity index (χ0) is 20.1. The monoisotopic (exact) mass is 381 g/mol. The molecule has 0 saturated heterocycles. The quantitative estimate of drug-likeness (QED) is 0.760. The number of pyridine rings is 1. The normalized spacial score (nSPS) is 13.5. The van der Waals surface area contributed by atoms with Gasteiger partial charge < -0.3 is 20.9 Å². The molecule has 1 aromatic heterocycles. The maximum atomic E-state index is 12.6. The number of anilines is 2. The highest BCUT2D eigenvalue weighted by Gasteiger charge is 2.23. The molecule has 1 aromatic carbocycles. The van der Waals surface area contributed by atoms with Crippen LogP contribution in [-0.4, -0.2) is 48.0 Å². The number of carbonyl (C=O) groups is 2. The predicted octanol–water partition coefficient (Wildman–Crippen LogP) is 2.89. The van der Waals surface area contributed by atoms with Gasteiger partial charge in [-0.3, -0.25) is 4.79 Å². The highest BCUT2D eigenvalue weighted by molar-refractivity contribution is 5.99. The number of amides is 3. The van der Waals surface area contributed by atoms with Gasteiger partial charge in [-0.2, -0.15) is 0 Å². The summed E-state index contributed by atoms with van der Waals surface area (Å²) in [7, 11) is 1.61. The lowest BCUT2D eigenvalue weighted by atomic mass is 10.0. The third-order valence-corrected chi connectivity index (χ3v) is 4.67. The summed E-state index contributed by atoms with van der Waals surface area (Å²) in [4.78, 5) is 31.4. The molecule has 3 rings (SSSR count). The van der Waals surface area contributed by atoms with E-state index in [2.05, 4.69) is 16.0 Å². The van der Waals surface area contributed by atoms with Crippen molar-refractivity contribution < 1.29 is 9.59 Å². The Morgan fingerprint density at radius 3 is 2.50 bits per heavy atom. The van der Waals surface area contributed by atoms with Gasteiger partial charge in [-0.15, -0.1) is 0 Å². The molecule has 0 bridgehead atoms. The van der Waals surface area contributed by atoms with Gasteiger partial charge in [0.1, 0.15) is 5.82 Å². The molecule has 0 unspecified atom stereocenters. The van der Waals surface area contributed by atoms with Crippen LogP contribution in [0.2, 0.25) is 0 Å². The molecule has 0 fully saturated rings. The first-order valence-electron chi connectivity index (χ1n) is 9.60. The average Bonchev–Trinajstić information content (AvgIpc) is 2.89. The SMILES string of the molecule is CNC(=O)c1cc2c(nc1NC(C)C)CCN(C(=O)Nc1ccccc1)CC2. The van der Waals surface area contributed by atoms with Crippen molar-refractivity contribution in [3.05, 3.63) is 53.2 Å². The van der Waals surface area contributed by atoms with Crippen molar-refractivity contribution in [2.45, 2.75) is 32.7 Å². The minimum Gasteiger partial charge on any atom is -0.367 e. The van der Waals surface area contributed by atoms with Gasteiger partial charge in [0, 0.05) is 44.0 Å². The van der Waals surface area contributed by atoms with Gasteiger partial charge in [0.25, 0.3) is 5.91 Å². The van der Waals surface area contributed by atoms with Crippen LogP contribution in [-0.2, 0) is 12.8 Å². The third-order valence-electron chi connectivity index (χ3n) is 4.67. The summed E-state index contributed by atoms with van der Waals surface area (Å²) in [6.07, 6.45) is 1.31. The number of rotatable bonds is 4. The van der Waals surface area contributed by atoms with Crippen molar-refractivity contribution in [2.75, 3.05) is 30.8 Å². The summed E-state index contributed by atoms with van der Waals surface area (Å²) in [5, 5.41) is 8.87. The highest BCUT2D eigenvalue weighted by Crippen LogP contribution is 2.22. The van der Waals surface area contributed by atoms with Crippen molar-refractivity contribution in [1.82, 2.24) is 15.2 Å². The van der Waals surface area contributed by atoms with Gasteiger partial charge in [-0.05, 0) is 44.0 Å². The molecule has 3 N–H and O–H groups in total. The van der Waals surface area contributed by atoms with E-state index in [0.29, 0.717) is 37.3 Å². The van der Waals surface area contributed by atoms with Crippen LogP contribution in [0, 0.1) is 0 Å². The molecule has 0 saturated carbocycles. The smallest absolute Gasteiger partial charge is 0.321 e. The fourth-order valence-electron chi connectivity index (χ4n) is 3.25. The van der Waals surface area contributed by atoms with Gasteiger partial charge >= 0.3 is 6.03 Å². The topological polar surface area (TPSA) is 86.4 Å². The van der Waals surface area contributed by atoms with Gasteiger partial charge in [0.2, 0.25) is 0 Å². The Labute approximate surface area is 165 Å². The first-order valence-corrected chi connectivity index (χ1v) is 9.60. The number of hydrogen-bond donors (Lipinski definition) is 3. The van der Waals surface area contributed by atoms with Crippen LogP contribution in [0.4, 0.5) is 16.3 Å². The number of fused-ring (bicyclic) bond motifs is 1. The summed E-state index contributed by atoms with van der Waals surface area (Å²) in [5.74, 6) is 0.427. The Kier molecular flexibility index (Phi) is 6.13. The zero-order valence-corrected chi connectivity index (χ0v) is 16.6. The predicted molar refractivity (Wildman–Crippen MR) is 111 cm³/mol. The molecule has 1 aliphatic rings. The molecule has 2 aromatic rings. The number of carbonyl (C=O) groups excluding carboxylic acids is 2. The molecule has 1 aliphatic heterocycles. The molecule has 148 valence electrons. The molecule has 0 radical (unpaired) electrons. The van der Waals surface area contributed by atoms with Crippen LogP contribution in [0.3, 0.4) is 0 Å². The minimum absolute atomic E-state index is 0.119. The number of para-hydroxylation sites is 1. The van der Waals surface area contributed by atoms with E-state index in [9.17, 15) is 9.59 Å². The summed E-state index contributed by atoms with van der Waals surface area (Å²) < 4.78 is 0. The molecule has 3 amide bonds. The van der Waals surface area contributed by atoms with Crippen molar-refractivity contribution in [3.8, 4) is 0 Å². The van der Waals surface area contributed by atoms with Crippen molar-refractivity contribution in [3.63, 3.8) is 0 Å². The minimum atomic E-state index is -0.165. The van der Waals surface area contributed by atoms with Crippen LogP contribution >= 0.6 is 0 Å². The van der Waals surface area contributed by atoms with Crippen LogP contribution in [0.25, 0.3) is 0 Å². The highest BCUT2D eigenvalue weighted by atomic mass is 16.2. The van der Waals surface area contributed by atoms with E-state index >= 15 is 0 Å².